The molecule has 0 fully saturated rings. The topological polar surface area (TPSA) is 58.2 Å². The summed E-state index contributed by atoms with van der Waals surface area (Å²) in [6, 6.07) is 1.71. The standard InChI is InChI=1S/C13H24N2O2S2/c1-5-14-8-12-7-13(9-18-12)19(16,17)15-11(4)6-10(2)3/h7,9-11,14-15H,5-6,8H2,1-4H3. The van der Waals surface area contributed by atoms with Gasteiger partial charge in [0, 0.05) is 22.8 Å². The van der Waals surface area contributed by atoms with Gasteiger partial charge in [0.05, 0.1) is 4.90 Å². The smallest absolute Gasteiger partial charge is 0.241 e. The van der Waals surface area contributed by atoms with Gasteiger partial charge in [0.2, 0.25) is 10.0 Å². The van der Waals surface area contributed by atoms with Crippen LogP contribution in [0.15, 0.2) is 16.3 Å². The van der Waals surface area contributed by atoms with Crippen LogP contribution < -0.4 is 10.0 Å². The molecular weight excluding hydrogens is 280 g/mol. The predicted molar refractivity (Wildman–Crippen MR) is 80.9 cm³/mol. The number of nitrogens with one attached hydrogen (secondary N) is 2. The minimum Gasteiger partial charge on any atom is -0.312 e. The van der Waals surface area contributed by atoms with Gasteiger partial charge in [0.15, 0.2) is 0 Å². The van der Waals surface area contributed by atoms with E-state index in [0.717, 1.165) is 24.4 Å². The highest BCUT2D eigenvalue weighted by Gasteiger charge is 2.19. The van der Waals surface area contributed by atoms with Crippen LogP contribution in [0.2, 0.25) is 0 Å². The molecule has 0 amide bonds. The number of hydrogen-bond acceptors (Lipinski definition) is 4. The first-order chi connectivity index (χ1) is 8.85. The summed E-state index contributed by atoms with van der Waals surface area (Å²) in [5.41, 5.74) is 0. The molecule has 1 aromatic rings. The van der Waals surface area contributed by atoms with E-state index in [1.54, 1.807) is 11.4 Å². The van der Waals surface area contributed by atoms with Crippen molar-refractivity contribution in [3.63, 3.8) is 0 Å². The lowest BCUT2D eigenvalue weighted by molar-refractivity contribution is 0.482. The van der Waals surface area contributed by atoms with Crippen LogP contribution in [0.25, 0.3) is 0 Å². The normalized spacial score (nSPS) is 13.9. The molecule has 6 heteroatoms. The van der Waals surface area contributed by atoms with Gasteiger partial charge in [-0.1, -0.05) is 20.8 Å². The summed E-state index contributed by atoms with van der Waals surface area (Å²) in [6.07, 6.45) is 0.841. The minimum absolute atomic E-state index is 0.0397. The fourth-order valence-electron chi connectivity index (χ4n) is 1.93. The molecule has 0 aliphatic carbocycles. The van der Waals surface area contributed by atoms with Gasteiger partial charge in [0.1, 0.15) is 0 Å². The first-order valence-corrected chi connectivity index (χ1v) is 9.02. The number of thiophene rings is 1. The van der Waals surface area contributed by atoms with Crippen molar-refractivity contribution in [3.8, 4) is 0 Å². The van der Waals surface area contributed by atoms with Crippen LogP contribution >= 0.6 is 11.3 Å². The molecule has 0 aromatic carbocycles. The van der Waals surface area contributed by atoms with Gasteiger partial charge < -0.3 is 5.32 Å². The monoisotopic (exact) mass is 304 g/mol. The second-order valence-electron chi connectivity index (χ2n) is 5.18. The molecule has 0 bridgehead atoms. The fourth-order valence-corrected chi connectivity index (χ4v) is 4.43. The third-order valence-corrected chi connectivity index (χ3v) is 5.33. The van der Waals surface area contributed by atoms with Crippen LogP contribution in [0, 0.1) is 5.92 Å². The van der Waals surface area contributed by atoms with Crippen LogP contribution in [0.4, 0.5) is 0 Å². The van der Waals surface area contributed by atoms with Gasteiger partial charge in [-0.15, -0.1) is 11.3 Å². The second-order valence-corrected chi connectivity index (χ2v) is 7.89. The Kier molecular flexibility index (Phi) is 6.46. The maximum atomic E-state index is 12.2. The Morgan fingerprint density at radius 3 is 2.58 bits per heavy atom. The third kappa shape index (κ3) is 5.60. The van der Waals surface area contributed by atoms with E-state index in [-0.39, 0.29) is 6.04 Å². The summed E-state index contributed by atoms with van der Waals surface area (Å²) >= 11 is 1.48. The van der Waals surface area contributed by atoms with Gasteiger partial charge in [-0.05, 0) is 31.9 Å². The quantitative estimate of drug-likeness (QED) is 0.776. The summed E-state index contributed by atoms with van der Waals surface area (Å²) < 4.78 is 27.1. The van der Waals surface area contributed by atoms with Crippen molar-refractivity contribution in [3.05, 3.63) is 16.3 Å². The molecular formula is C13H24N2O2S2. The molecule has 0 saturated heterocycles. The minimum atomic E-state index is -3.38. The summed E-state index contributed by atoms with van der Waals surface area (Å²) in [5.74, 6) is 0.476. The third-order valence-electron chi connectivity index (χ3n) is 2.67. The van der Waals surface area contributed by atoms with E-state index < -0.39 is 10.0 Å². The zero-order valence-corrected chi connectivity index (χ0v) is 13.7. The van der Waals surface area contributed by atoms with E-state index in [0.29, 0.717) is 10.8 Å². The Bertz CT molecular complexity index is 481. The van der Waals surface area contributed by atoms with E-state index >= 15 is 0 Å². The van der Waals surface area contributed by atoms with E-state index in [9.17, 15) is 8.42 Å². The highest BCUT2D eigenvalue weighted by Crippen LogP contribution is 2.20. The van der Waals surface area contributed by atoms with Crippen LogP contribution in [0.5, 0.6) is 0 Å². The predicted octanol–water partition coefficient (Wildman–Crippen LogP) is 2.57. The van der Waals surface area contributed by atoms with E-state index in [4.69, 9.17) is 0 Å². The molecule has 0 aliphatic rings. The second kappa shape index (κ2) is 7.38. The Morgan fingerprint density at radius 1 is 1.32 bits per heavy atom. The summed E-state index contributed by atoms with van der Waals surface area (Å²) in [4.78, 5) is 1.42. The lowest BCUT2D eigenvalue weighted by atomic mass is 10.1. The number of rotatable bonds is 8. The molecule has 0 aliphatic heterocycles. The van der Waals surface area contributed by atoms with Crippen LogP contribution in [0.1, 0.15) is 39.0 Å². The molecule has 1 heterocycles. The average molecular weight is 304 g/mol. The van der Waals surface area contributed by atoms with E-state index in [1.807, 2.05) is 13.8 Å². The van der Waals surface area contributed by atoms with Crippen molar-refractivity contribution in [1.82, 2.24) is 10.0 Å². The van der Waals surface area contributed by atoms with Gasteiger partial charge in [-0.3, -0.25) is 0 Å². The maximum Gasteiger partial charge on any atom is 0.241 e. The van der Waals surface area contributed by atoms with Crippen molar-refractivity contribution in [2.75, 3.05) is 6.54 Å². The molecule has 1 atom stereocenters. The Morgan fingerprint density at radius 2 is 2.00 bits per heavy atom. The molecule has 110 valence electrons. The fraction of sp³-hybridized carbons (Fsp3) is 0.692. The summed E-state index contributed by atoms with van der Waals surface area (Å²) in [7, 11) is -3.38. The molecule has 1 aromatic heterocycles. The van der Waals surface area contributed by atoms with Crippen LogP contribution in [0.3, 0.4) is 0 Å². The Hall–Kier alpha value is -0.430. The Balaban J connectivity index is 2.69. The highest BCUT2D eigenvalue weighted by molar-refractivity contribution is 7.89. The zero-order chi connectivity index (χ0) is 14.5. The number of sulfonamides is 1. The van der Waals surface area contributed by atoms with Crippen molar-refractivity contribution in [1.29, 1.82) is 0 Å². The molecule has 0 radical (unpaired) electrons. The van der Waals surface area contributed by atoms with Crippen LogP contribution in [-0.2, 0) is 16.6 Å². The number of hydrogen-bond donors (Lipinski definition) is 2. The molecule has 1 unspecified atom stereocenters. The molecule has 1 rings (SSSR count). The maximum absolute atomic E-state index is 12.2. The Labute approximate surface area is 120 Å². The van der Waals surface area contributed by atoms with Crippen molar-refractivity contribution < 1.29 is 8.42 Å². The highest BCUT2D eigenvalue weighted by atomic mass is 32.2. The van der Waals surface area contributed by atoms with Gasteiger partial charge in [-0.2, -0.15) is 0 Å². The van der Waals surface area contributed by atoms with Gasteiger partial charge >= 0.3 is 0 Å². The van der Waals surface area contributed by atoms with Crippen LogP contribution in [-0.4, -0.2) is 21.0 Å². The largest absolute Gasteiger partial charge is 0.312 e. The molecule has 2 N–H and O–H groups in total. The van der Waals surface area contributed by atoms with Crippen molar-refractivity contribution in [2.24, 2.45) is 5.92 Å². The first-order valence-electron chi connectivity index (χ1n) is 6.65. The van der Waals surface area contributed by atoms with E-state index in [1.165, 1.54) is 11.3 Å². The summed E-state index contributed by atoms with van der Waals surface area (Å²) in [5, 5.41) is 4.90. The first kappa shape index (κ1) is 16.6. The lowest BCUT2D eigenvalue weighted by Crippen LogP contribution is -2.33. The lowest BCUT2D eigenvalue weighted by Gasteiger charge is -2.15. The van der Waals surface area contributed by atoms with Gasteiger partial charge in [0.25, 0.3) is 0 Å². The summed E-state index contributed by atoms with van der Waals surface area (Å²) in [6.45, 7) is 9.71. The van der Waals surface area contributed by atoms with Crippen molar-refractivity contribution in [2.45, 2.75) is 51.6 Å². The zero-order valence-electron chi connectivity index (χ0n) is 12.1. The van der Waals surface area contributed by atoms with Gasteiger partial charge in [-0.25, -0.2) is 13.1 Å². The average Bonchev–Trinajstić information content (AvgIpc) is 2.73. The molecule has 4 nitrogen and oxygen atoms in total. The molecule has 0 saturated carbocycles. The van der Waals surface area contributed by atoms with Crippen molar-refractivity contribution >= 4 is 21.4 Å². The molecule has 19 heavy (non-hydrogen) atoms. The van der Waals surface area contributed by atoms with E-state index in [2.05, 4.69) is 23.9 Å². The molecule has 0 spiro atoms. The SMILES string of the molecule is CCNCc1cc(S(=O)(=O)NC(C)CC(C)C)cs1.